The minimum atomic E-state index is -0.696. The van der Waals surface area contributed by atoms with Crippen LogP contribution in [0.15, 0.2) is 22.9 Å². The van der Waals surface area contributed by atoms with Crippen molar-refractivity contribution in [3.05, 3.63) is 33.5 Å². The fraction of sp³-hybridized carbons (Fsp3) is 0.312. The van der Waals surface area contributed by atoms with Crippen molar-refractivity contribution >= 4 is 51.5 Å². The van der Waals surface area contributed by atoms with E-state index in [9.17, 15) is 19.2 Å². The smallest absolute Gasteiger partial charge is 0.312 e. The van der Waals surface area contributed by atoms with E-state index in [1.807, 2.05) is 0 Å². The van der Waals surface area contributed by atoms with Crippen molar-refractivity contribution in [1.82, 2.24) is 10.3 Å². The minimum Gasteiger partial charge on any atom is -0.455 e. The van der Waals surface area contributed by atoms with Crippen molar-refractivity contribution in [2.45, 2.75) is 19.3 Å². The Labute approximate surface area is 156 Å². The maximum Gasteiger partial charge on any atom is 0.312 e. The topological polar surface area (TPSA) is 106 Å². The van der Waals surface area contributed by atoms with Gasteiger partial charge in [-0.25, -0.2) is 4.98 Å². The second-order valence-electron chi connectivity index (χ2n) is 5.46. The van der Waals surface area contributed by atoms with Crippen molar-refractivity contribution in [1.29, 1.82) is 0 Å². The van der Waals surface area contributed by atoms with Crippen LogP contribution in [0.1, 0.15) is 28.2 Å². The lowest BCUT2D eigenvalue weighted by Crippen LogP contribution is -2.33. The number of hydrogen-bond acceptors (Lipinski definition) is 8. The van der Waals surface area contributed by atoms with Crippen LogP contribution in [0.25, 0.3) is 0 Å². The van der Waals surface area contributed by atoms with Crippen LogP contribution in [-0.4, -0.2) is 41.8 Å². The highest BCUT2D eigenvalue weighted by Crippen LogP contribution is 2.25. The molecule has 1 aliphatic heterocycles. The maximum absolute atomic E-state index is 11.8. The number of aromatic nitrogens is 1. The standard InChI is InChI=1S/C16H15N3O5S2/c20-12(18-15(23)11-3-2-6-25-11)8-24-14(22)7-10-9-26-16(17-10)19-5-1-4-13(19)21/h2-3,6,9H,1,4-5,7-8H2,(H,18,20,23). The van der Waals surface area contributed by atoms with E-state index >= 15 is 0 Å². The fourth-order valence-corrected chi connectivity index (χ4v) is 3.82. The number of carbonyl (C=O) groups is 4. The van der Waals surface area contributed by atoms with Gasteiger partial charge in [-0.1, -0.05) is 6.07 Å². The SMILES string of the molecule is O=C(COC(=O)Cc1csc(N2CCCC2=O)n1)NC(=O)c1cccs1. The number of thiophene rings is 1. The summed E-state index contributed by atoms with van der Waals surface area (Å²) in [7, 11) is 0. The highest BCUT2D eigenvalue weighted by molar-refractivity contribution is 7.14. The van der Waals surface area contributed by atoms with E-state index < -0.39 is 24.4 Å². The lowest BCUT2D eigenvalue weighted by Gasteiger charge is -2.10. The molecule has 1 aliphatic rings. The summed E-state index contributed by atoms with van der Waals surface area (Å²) in [5.41, 5.74) is 0.477. The monoisotopic (exact) mass is 393 g/mol. The summed E-state index contributed by atoms with van der Waals surface area (Å²) < 4.78 is 4.87. The number of rotatable bonds is 6. The summed E-state index contributed by atoms with van der Waals surface area (Å²) in [4.78, 5) is 53.1. The van der Waals surface area contributed by atoms with Crippen LogP contribution in [0.3, 0.4) is 0 Å². The summed E-state index contributed by atoms with van der Waals surface area (Å²) >= 11 is 2.49. The van der Waals surface area contributed by atoms with Crippen molar-refractivity contribution < 1.29 is 23.9 Å². The Morgan fingerprint density at radius 2 is 2.15 bits per heavy atom. The predicted octanol–water partition coefficient (Wildman–Crippen LogP) is 1.37. The number of thiazole rings is 1. The number of amides is 3. The first-order chi connectivity index (χ1) is 12.5. The number of imide groups is 1. The van der Waals surface area contributed by atoms with E-state index in [2.05, 4.69) is 10.3 Å². The van der Waals surface area contributed by atoms with Crippen LogP contribution in [0.2, 0.25) is 0 Å². The number of esters is 1. The summed E-state index contributed by atoms with van der Waals surface area (Å²) in [5.74, 6) is -1.83. The Morgan fingerprint density at radius 1 is 1.31 bits per heavy atom. The number of nitrogens with one attached hydrogen (secondary N) is 1. The normalized spacial score (nSPS) is 13.7. The molecular weight excluding hydrogens is 378 g/mol. The predicted molar refractivity (Wildman–Crippen MR) is 95.2 cm³/mol. The summed E-state index contributed by atoms with van der Waals surface area (Å²) in [6.07, 6.45) is 1.20. The molecule has 0 radical (unpaired) electrons. The molecule has 3 heterocycles. The van der Waals surface area contributed by atoms with E-state index in [4.69, 9.17) is 4.74 Å². The molecular formula is C16H15N3O5S2. The average Bonchev–Trinajstić information content (AvgIpc) is 3.34. The van der Waals surface area contributed by atoms with E-state index in [1.165, 1.54) is 22.7 Å². The van der Waals surface area contributed by atoms with Crippen LogP contribution >= 0.6 is 22.7 Å². The average molecular weight is 393 g/mol. The Balaban J connectivity index is 1.44. The Hall–Kier alpha value is -2.59. The van der Waals surface area contributed by atoms with E-state index in [-0.39, 0.29) is 12.3 Å². The molecule has 3 amide bonds. The lowest BCUT2D eigenvalue weighted by atomic mass is 10.3. The molecule has 10 heteroatoms. The molecule has 0 atom stereocenters. The van der Waals surface area contributed by atoms with Gasteiger partial charge in [-0.2, -0.15) is 0 Å². The quantitative estimate of drug-likeness (QED) is 0.743. The van der Waals surface area contributed by atoms with Crippen LogP contribution in [0.4, 0.5) is 5.13 Å². The number of nitrogens with zero attached hydrogens (tertiary/aromatic N) is 2. The molecule has 8 nitrogen and oxygen atoms in total. The van der Waals surface area contributed by atoms with Gasteiger partial charge in [-0.3, -0.25) is 29.4 Å². The van der Waals surface area contributed by atoms with Gasteiger partial charge in [-0.15, -0.1) is 22.7 Å². The molecule has 26 heavy (non-hydrogen) atoms. The molecule has 0 bridgehead atoms. The minimum absolute atomic E-state index is 0.0283. The summed E-state index contributed by atoms with van der Waals surface area (Å²) in [6, 6.07) is 3.28. The largest absolute Gasteiger partial charge is 0.455 e. The van der Waals surface area contributed by atoms with Gasteiger partial charge >= 0.3 is 5.97 Å². The van der Waals surface area contributed by atoms with Crippen molar-refractivity contribution in [2.24, 2.45) is 0 Å². The number of ether oxygens (including phenoxy) is 1. The molecule has 0 aliphatic carbocycles. The second-order valence-corrected chi connectivity index (χ2v) is 7.25. The molecule has 1 saturated heterocycles. The third kappa shape index (κ3) is 4.52. The summed E-state index contributed by atoms with van der Waals surface area (Å²) in [5, 5.41) is 6.11. The lowest BCUT2D eigenvalue weighted by molar-refractivity contribution is -0.147. The highest BCUT2D eigenvalue weighted by atomic mass is 32.1. The van der Waals surface area contributed by atoms with Crippen LogP contribution in [0, 0.1) is 0 Å². The van der Waals surface area contributed by atoms with E-state index in [0.717, 1.165) is 6.42 Å². The molecule has 2 aromatic heterocycles. The fourth-order valence-electron chi connectivity index (χ4n) is 2.33. The van der Waals surface area contributed by atoms with Gasteiger partial charge in [0.15, 0.2) is 11.7 Å². The van der Waals surface area contributed by atoms with Crippen molar-refractivity contribution in [3.63, 3.8) is 0 Å². The first kappa shape index (κ1) is 18.2. The van der Waals surface area contributed by atoms with Crippen LogP contribution in [-0.2, 0) is 25.5 Å². The molecule has 3 rings (SSSR count). The Morgan fingerprint density at radius 3 is 2.85 bits per heavy atom. The van der Waals surface area contributed by atoms with Gasteiger partial charge < -0.3 is 4.74 Å². The molecule has 2 aromatic rings. The third-order valence-corrected chi connectivity index (χ3v) is 5.31. The molecule has 0 spiro atoms. The van der Waals surface area contributed by atoms with Crippen molar-refractivity contribution in [2.75, 3.05) is 18.1 Å². The maximum atomic E-state index is 11.8. The van der Waals surface area contributed by atoms with Gasteiger partial charge in [-0.05, 0) is 17.9 Å². The van der Waals surface area contributed by atoms with Gasteiger partial charge in [0.1, 0.15) is 0 Å². The van der Waals surface area contributed by atoms with E-state index in [0.29, 0.717) is 28.7 Å². The Bertz CT molecular complexity index is 831. The summed E-state index contributed by atoms with van der Waals surface area (Å²) in [6.45, 7) is 0.0895. The first-order valence-corrected chi connectivity index (χ1v) is 9.57. The second kappa shape index (κ2) is 8.19. The van der Waals surface area contributed by atoms with Gasteiger partial charge in [0.2, 0.25) is 5.91 Å². The van der Waals surface area contributed by atoms with Crippen LogP contribution in [0.5, 0.6) is 0 Å². The van der Waals surface area contributed by atoms with Gasteiger partial charge in [0.25, 0.3) is 11.8 Å². The third-order valence-electron chi connectivity index (χ3n) is 3.53. The van der Waals surface area contributed by atoms with Gasteiger partial charge in [0.05, 0.1) is 17.0 Å². The highest BCUT2D eigenvalue weighted by Gasteiger charge is 2.24. The zero-order valence-electron chi connectivity index (χ0n) is 13.6. The number of carbonyl (C=O) groups excluding carboxylic acids is 4. The van der Waals surface area contributed by atoms with E-state index in [1.54, 1.807) is 27.8 Å². The molecule has 0 unspecified atom stereocenters. The Kier molecular flexibility index (Phi) is 5.74. The molecule has 136 valence electrons. The number of hydrogen-bond donors (Lipinski definition) is 1. The molecule has 0 saturated carbocycles. The number of anilines is 1. The van der Waals surface area contributed by atoms with Crippen LogP contribution < -0.4 is 10.2 Å². The van der Waals surface area contributed by atoms with Gasteiger partial charge in [0, 0.05) is 18.3 Å². The first-order valence-electron chi connectivity index (χ1n) is 7.81. The molecule has 0 aromatic carbocycles. The molecule has 1 N–H and O–H groups in total. The molecule has 1 fully saturated rings. The zero-order chi connectivity index (χ0) is 18.5. The zero-order valence-corrected chi connectivity index (χ0v) is 15.2. The van der Waals surface area contributed by atoms with Crippen molar-refractivity contribution in [3.8, 4) is 0 Å².